The van der Waals surface area contributed by atoms with Crippen LogP contribution in [0.3, 0.4) is 0 Å². The number of carbonyl (C=O) groups excluding carboxylic acids is 1. The number of rotatable bonds is 4. The fourth-order valence-electron chi connectivity index (χ4n) is 2.49. The molecule has 1 fully saturated rings. The molecule has 4 nitrogen and oxygen atoms in total. The molecule has 0 aromatic heterocycles. The normalized spacial score (nSPS) is 19.1. The molecular weight excluding hydrogens is 240 g/mol. The van der Waals surface area contributed by atoms with Crippen molar-refractivity contribution >= 4 is 5.97 Å². The van der Waals surface area contributed by atoms with Gasteiger partial charge in [0.1, 0.15) is 6.04 Å². The summed E-state index contributed by atoms with van der Waals surface area (Å²) in [4.78, 5) is 14.0. The van der Waals surface area contributed by atoms with Crippen LogP contribution in [0.5, 0.6) is 0 Å². The summed E-state index contributed by atoms with van der Waals surface area (Å²) in [5, 5.41) is 8.90. The van der Waals surface area contributed by atoms with Gasteiger partial charge in [-0.05, 0) is 44.0 Å². The van der Waals surface area contributed by atoms with E-state index in [9.17, 15) is 4.79 Å². The average molecular weight is 258 g/mol. The summed E-state index contributed by atoms with van der Waals surface area (Å²) >= 11 is 0. The second-order valence-electron chi connectivity index (χ2n) is 4.69. The van der Waals surface area contributed by atoms with E-state index in [4.69, 9.17) is 10.00 Å². The van der Waals surface area contributed by atoms with Gasteiger partial charge in [-0.1, -0.05) is 12.1 Å². The molecule has 0 radical (unpaired) electrons. The monoisotopic (exact) mass is 258 g/mol. The van der Waals surface area contributed by atoms with Gasteiger partial charge in [-0.15, -0.1) is 0 Å². The number of esters is 1. The number of carbonyl (C=O) groups is 1. The van der Waals surface area contributed by atoms with Crippen molar-refractivity contribution in [3.05, 3.63) is 35.4 Å². The zero-order chi connectivity index (χ0) is 13.7. The zero-order valence-corrected chi connectivity index (χ0v) is 11.1. The van der Waals surface area contributed by atoms with Crippen molar-refractivity contribution in [1.29, 1.82) is 5.26 Å². The minimum absolute atomic E-state index is 0.128. The van der Waals surface area contributed by atoms with E-state index in [1.807, 2.05) is 25.1 Å². The summed E-state index contributed by atoms with van der Waals surface area (Å²) in [6.45, 7) is 3.85. The molecule has 0 spiro atoms. The summed E-state index contributed by atoms with van der Waals surface area (Å²) in [7, 11) is 0. The van der Waals surface area contributed by atoms with E-state index < -0.39 is 0 Å². The van der Waals surface area contributed by atoms with Crippen LogP contribution in [0.4, 0.5) is 0 Å². The van der Waals surface area contributed by atoms with Gasteiger partial charge in [0.2, 0.25) is 0 Å². The van der Waals surface area contributed by atoms with Gasteiger partial charge in [0.05, 0.1) is 18.2 Å². The molecule has 1 aromatic rings. The number of benzene rings is 1. The molecule has 1 aliphatic heterocycles. The maximum Gasteiger partial charge on any atom is 0.323 e. The number of ether oxygens (including phenoxy) is 1. The Kier molecular flexibility index (Phi) is 4.53. The summed E-state index contributed by atoms with van der Waals surface area (Å²) in [5.41, 5.74) is 1.72. The highest BCUT2D eigenvalue weighted by Crippen LogP contribution is 2.21. The Hall–Kier alpha value is -1.86. The van der Waals surface area contributed by atoms with E-state index in [1.54, 1.807) is 6.07 Å². The Morgan fingerprint density at radius 2 is 2.42 bits per heavy atom. The van der Waals surface area contributed by atoms with Gasteiger partial charge >= 0.3 is 5.97 Å². The molecule has 1 heterocycles. The molecule has 0 saturated carbocycles. The predicted molar refractivity (Wildman–Crippen MR) is 71.2 cm³/mol. The molecule has 19 heavy (non-hydrogen) atoms. The topological polar surface area (TPSA) is 53.3 Å². The van der Waals surface area contributed by atoms with E-state index in [0.717, 1.165) is 24.9 Å². The quantitative estimate of drug-likeness (QED) is 0.776. The highest BCUT2D eigenvalue weighted by atomic mass is 16.5. The Balaban J connectivity index is 2.05. The van der Waals surface area contributed by atoms with E-state index in [2.05, 4.69) is 11.0 Å². The van der Waals surface area contributed by atoms with Crippen LogP contribution < -0.4 is 0 Å². The van der Waals surface area contributed by atoms with Crippen molar-refractivity contribution in [2.75, 3.05) is 13.2 Å². The van der Waals surface area contributed by atoms with Crippen molar-refractivity contribution in [2.45, 2.75) is 32.4 Å². The van der Waals surface area contributed by atoms with Gasteiger partial charge in [0.25, 0.3) is 0 Å². The minimum atomic E-state index is -0.134. The third-order valence-corrected chi connectivity index (χ3v) is 3.36. The smallest absolute Gasteiger partial charge is 0.323 e. The third kappa shape index (κ3) is 3.33. The lowest BCUT2D eigenvalue weighted by Crippen LogP contribution is -2.36. The third-order valence-electron chi connectivity index (χ3n) is 3.36. The van der Waals surface area contributed by atoms with Gasteiger partial charge in [0.15, 0.2) is 0 Å². The molecule has 0 aliphatic carbocycles. The maximum atomic E-state index is 11.9. The molecule has 100 valence electrons. The molecule has 0 bridgehead atoms. The van der Waals surface area contributed by atoms with Crippen molar-refractivity contribution in [3.8, 4) is 6.07 Å². The second-order valence-corrected chi connectivity index (χ2v) is 4.69. The Bertz CT molecular complexity index is 493. The highest BCUT2D eigenvalue weighted by molar-refractivity contribution is 5.76. The van der Waals surface area contributed by atoms with Gasteiger partial charge in [-0.25, -0.2) is 0 Å². The summed E-state index contributed by atoms with van der Waals surface area (Å²) in [6, 6.07) is 9.53. The molecule has 4 heteroatoms. The predicted octanol–water partition coefficient (Wildman–Crippen LogP) is 2.09. The van der Waals surface area contributed by atoms with Gasteiger partial charge in [-0.2, -0.15) is 5.26 Å². The SMILES string of the molecule is CCOC(=O)C1CCCN1Cc1cccc(C#N)c1. The van der Waals surface area contributed by atoms with Crippen LogP contribution in [0.2, 0.25) is 0 Å². The van der Waals surface area contributed by atoms with Crippen molar-refractivity contribution < 1.29 is 9.53 Å². The number of nitriles is 1. The summed E-state index contributed by atoms with van der Waals surface area (Å²) in [5.74, 6) is -0.128. The van der Waals surface area contributed by atoms with E-state index in [0.29, 0.717) is 18.7 Å². The van der Waals surface area contributed by atoms with Crippen LogP contribution in [0, 0.1) is 11.3 Å². The van der Waals surface area contributed by atoms with Gasteiger partial charge in [0, 0.05) is 6.54 Å². The first-order valence-corrected chi connectivity index (χ1v) is 6.64. The lowest BCUT2D eigenvalue weighted by molar-refractivity contribution is -0.148. The van der Waals surface area contributed by atoms with Crippen LogP contribution in [0.25, 0.3) is 0 Å². The molecular formula is C15H18N2O2. The first-order chi connectivity index (χ1) is 9.24. The van der Waals surface area contributed by atoms with Gasteiger partial charge < -0.3 is 4.74 Å². The largest absolute Gasteiger partial charge is 0.465 e. The van der Waals surface area contributed by atoms with E-state index in [-0.39, 0.29) is 12.0 Å². The van der Waals surface area contributed by atoms with Crippen LogP contribution in [-0.4, -0.2) is 30.1 Å². The van der Waals surface area contributed by atoms with Crippen molar-refractivity contribution in [2.24, 2.45) is 0 Å². The molecule has 0 N–H and O–H groups in total. The molecule has 1 unspecified atom stereocenters. The standard InChI is InChI=1S/C15H18N2O2/c1-2-19-15(18)14-7-4-8-17(14)11-13-6-3-5-12(9-13)10-16/h3,5-6,9,14H,2,4,7-8,11H2,1H3. The molecule has 1 saturated heterocycles. The highest BCUT2D eigenvalue weighted by Gasteiger charge is 2.31. The first-order valence-electron chi connectivity index (χ1n) is 6.64. The zero-order valence-electron chi connectivity index (χ0n) is 11.1. The molecule has 2 rings (SSSR count). The van der Waals surface area contributed by atoms with E-state index >= 15 is 0 Å². The fraction of sp³-hybridized carbons (Fsp3) is 0.467. The van der Waals surface area contributed by atoms with Crippen LogP contribution >= 0.6 is 0 Å². The van der Waals surface area contributed by atoms with E-state index in [1.165, 1.54) is 0 Å². The Morgan fingerprint density at radius 3 is 3.16 bits per heavy atom. The maximum absolute atomic E-state index is 11.9. The lowest BCUT2D eigenvalue weighted by atomic mass is 10.1. The minimum Gasteiger partial charge on any atom is -0.465 e. The van der Waals surface area contributed by atoms with Crippen LogP contribution in [0.15, 0.2) is 24.3 Å². The van der Waals surface area contributed by atoms with Crippen LogP contribution in [0.1, 0.15) is 30.9 Å². The van der Waals surface area contributed by atoms with Crippen molar-refractivity contribution in [3.63, 3.8) is 0 Å². The Morgan fingerprint density at radius 1 is 1.58 bits per heavy atom. The second kappa shape index (κ2) is 6.35. The number of likely N-dealkylation sites (tertiary alicyclic amines) is 1. The number of hydrogen-bond acceptors (Lipinski definition) is 4. The average Bonchev–Trinajstić information content (AvgIpc) is 2.87. The van der Waals surface area contributed by atoms with Gasteiger partial charge in [-0.3, -0.25) is 9.69 Å². The van der Waals surface area contributed by atoms with Crippen molar-refractivity contribution in [1.82, 2.24) is 4.90 Å². The van der Waals surface area contributed by atoms with Crippen LogP contribution in [-0.2, 0) is 16.1 Å². The summed E-state index contributed by atoms with van der Waals surface area (Å²) in [6.07, 6.45) is 1.87. The number of hydrogen-bond donors (Lipinski definition) is 0. The Labute approximate surface area is 113 Å². The lowest BCUT2D eigenvalue weighted by Gasteiger charge is -2.22. The number of nitrogens with zero attached hydrogens (tertiary/aromatic N) is 2. The molecule has 1 aliphatic rings. The molecule has 0 amide bonds. The fourth-order valence-corrected chi connectivity index (χ4v) is 2.49. The molecule has 1 atom stereocenters. The first kappa shape index (κ1) is 13.6. The summed E-state index contributed by atoms with van der Waals surface area (Å²) < 4.78 is 5.11. The molecule has 1 aromatic carbocycles.